The van der Waals surface area contributed by atoms with Crippen LogP contribution < -0.4 is 5.32 Å². The fraction of sp³-hybridized carbons (Fsp3) is 0.154. The number of anilines is 1. The molecule has 2 atom stereocenters. The first kappa shape index (κ1) is 32.4. The van der Waals surface area contributed by atoms with E-state index in [1.165, 1.54) is 18.2 Å². The second-order valence-electron chi connectivity index (χ2n) is 8.26. The third kappa shape index (κ3) is 8.22. The smallest absolute Gasteiger partial charge is 0.416 e. The fourth-order valence-electron chi connectivity index (χ4n) is 3.30. The summed E-state index contributed by atoms with van der Waals surface area (Å²) in [4.78, 5) is 50.7. The zero-order valence-corrected chi connectivity index (χ0v) is 22.8. The highest BCUT2D eigenvalue weighted by molar-refractivity contribution is 9.10. The monoisotopic (exact) mass is 681 g/mol. The average molecular weight is 683 g/mol. The van der Waals surface area contributed by atoms with Gasteiger partial charge in [0.15, 0.2) is 0 Å². The number of carboxylic acids is 1. The molecule has 0 aliphatic heterocycles. The number of aliphatic carboxylic acids is 1. The van der Waals surface area contributed by atoms with Crippen LogP contribution in [0.4, 0.5) is 32.0 Å². The van der Waals surface area contributed by atoms with Gasteiger partial charge >= 0.3 is 30.3 Å². The molecule has 0 saturated carbocycles. The van der Waals surface area contributed by atoms with Gasteiger partial charge in [-0.2, -0.15) is 26.3 Å². The maximum absolute atomic E-state index is 13.2. The van der Waals surface area contributed by atoms with E-state index < -0.39 is 70.6 Å². The summed E-state index contributed by atoms with van der Waals surface area (Å²) in [5, 5.41) is 11.8. The van der Waals surface area contributed by atoms with Crippen LogP contribution in [0.3, 0.4) is 0 Å². The molecule has 0 fully saturated rings. The molecule has 0 heterocycles. The third-order valence-corrected chi connectivity index (χ3v) is 6.09. The van der Waals surface area contributed by atoms with E-state index in [0.29, 0.717) is 28.7 Å². The highest BCUT2D eigenvalue weighted by atomic mass is 79.9. The van der Waals surface area contributed by atoms with Crippen LogP contribution in [0, 0.1) is 0 Å². The van der Waals surface area contributed by atoms with Crippen LogP contribution in [-0.2, 0) is 31.4 Å². The zero-order chi connectivity index (χ0) is 31.4. The molecule has 0 radical (unpaired) electrons. The van der Waals surface area contributed by atoms with Gasteiger partial charge in [0, 0.05) is 4.47 Å². The maximum atomic E-state index is 13.2. The first-order valence-electron chi connectivity index (χ1n) is 11.2. The van der Waals surface area contributed by atoms with Gasteiger partial charge < -0.3 is 19.9 Å². The normalized spacial score (nSPS) is 13.0. The van der Waals surface area contributed by atoms with Gasteiger partial charge in [0.2, 0.25) is 12.2 Å². The number of amides is 1. The standard InChI is InChI=1S/C26H15BrClF6NO7/c27-16-7-8-18(17(28)11-16)35-21(36)19(41-23(39)12-3-1-5-14(9-12)25(29,30)31)20(22(37)38)42-24(40)13-4-2-6-15(10-13)26(32,33)34/h1-11,19-20H,(H,35,36)(H,37,38)/t19-,20-/m1/s1. The number of nitrogens with one attached hydrogen (secondary N) is 1. The molecule has 0 unspecified atom stereocenters. The summed E-state index contributed by atoms with van der Waals surface area (Å²) < 4.78 is 88.8. The number of hydrogen-bond acceptors (Lipinski definition) is 6. The number of carboxylic acid groups (broad SMARTS) is 1. The molecule has 42 heavy (non-hydrogen) atoms. The number of halogens is 8. The van der Waals surface area contributed by atoms with Crippen LogP contribution >= 0.6 is 27.5 Å². The largest absolute Gasteiger partial charge is 0.478 e. The molecule has 0 aliphatic carbocycles. The van der Waals surface area contributed by atoms with Crippen molar-refractivity contribution in [1.29, 1.82) is 0 Å². The fourth-order valence-corrected chi connectivity index (χ4v) is 4.02. The second-order valence-corrected chi connectivity index (χ2v) is 9.58. The molecule has 1 amide bonds. The lowest BCUT2D eigenvalue weighted by molar-refractivity contribution is -0.157. The maximum Gasteiger partial charge on any atom is 0.416 e. The predicted molar refractivity (Wildman–Crippen MR) is 137 cm³/mol. The van der Waals surface area contributed by atoms with Crippen LogP contribution in [0.2, 0.25) is 5.02 Å². The van der Waals surface area contributed by atoms with E-state index in [1.54, 1.807) is 0 Å². The SMILES string of the molecule is O=C(O[C@@H](C(=O)O)[C@@H](OC(=O)c1cccc(C(F)(F)F)c1)C(=O)Nc1ccc(Br)cc1Cl)c1cccc(C(F)(F)F)c1. The van der Waals surface area contributed by atoms with Gasteiger partial charge in [-0.1, -0.05) is 39.7 Å². The third-order valence-electron chi connectivity index (χ3n) is 5.28. The van der Waals surface area contributed by atoms with Crippen LogP contribution in [0.5, 0.6) is 0 Å². The Morgan fingerprint density at radius 2 is 1.24 bits per heavy atom. The van der Waals surface area contributed by atoms with Crippen molar-refractivity contribution in [2.24, 2.45) is 0 Å². The van der Waals surface area contributed by atoms with Gasteiger partial charge in [0.1, 0.15) is 0 Å². The summed E-state index contributed by atoms with van der Waals surface area (Å²) in [6.45, 7) is 0. The van der Waals surface area contributed by atoms with E-state index in [1.807, 2.05) is 0 Å². The first-order valence-corrected chi connectivity index (χ1v) is 12.4. The average Bonchev–Trinajstić information content (AvgIpc) is 2.91. The lowest BCUT2D eigenvalue weighted by Crippen LogP contribution is -2.48. The van der Waals surface area contributed by atoms with Gasteiger partial charge in [0.25, 0.3) is 5.91 Å². The Morgan fingerprint density at radius 3 is 1.67 bits per heavy atom. The highest BCUT2D eigenvalue weighted by Gasteiger charge is 2.42. The van der Waals surface area contributed by atoms with E-state index in [2.05, 4.69) is 21.2 Å². The lowest BCUT2D eigenvalue weighted by Gasteiger charge is -2.24. The highest BCUT2D eigenvalue weighted by Crippen LogP contribution is 2.31. The van der Waals surface area contributed by atoms with Gasteiger partial charge in [-0.15, -0.1) is 0 Å². The summed E-state index contributed by atoms with van der Waals surface area (Å²) in [5.74, 6) is -6.81. The number of rotatable bonds is 8. The number of benzene rings is 3. The van der Waals surface area contributed by atoms with Crippen LogP contribution in [0.25, 0.3) is 0 Å². The predicted octanol–water partition coefficient (Wildman–Crippen LogP) is 6.61. The molecule has 2 N–H and O–H groups in total. The summed E-state index contributed by atoms with van der Waals surface area (Å²) in [6, 6.07) is 9.39. The minimum absolute atomic E-state index is 0.0893. The van der Waals surface area contributed by atoms with Crippen LogP contribution in [0.15, 0.2) is 71.2 Å². The van der Waals surface area contributed by atoms with E-state index >= 15 is 0 Å². The molecule has 0 bridgehead atoms. The van der Waals surface area contributed by atoms with Crippen molar-refractivity contribution >= 4 is 57.0 Å². The van der Waals surface area contributed by atoms with Crippen molar-refractivity contribution in [2.75, 3.05) is 5.32 Å². The van der Waals surface area contributed by atoms with Crippen molar-refractivity contribution in [2.45, 2.75) is 24.6 Å². The Hall–Kier alpha value is -4.11. The van der Waals surface area contributed by atoms with E-state index in [0.717, 1.165) is 24.3 Å². The van der Waals surface area contributed by atoms with Crippen LogP contribution in [0.1, 0.15) is 31.8 Å². The quantitative estimate of drug-likeness (QED) is 0.203. The topological polar surface area (TPSA) is 119 Å². The number of ether oxygens (including phenoxy) is 2. The summed E-state index contributed by atoms with van der Waals surface area (Å²) in [5.41, 5.74) is -4.21. The van der Waals surface area contributed by atoms with Gasteiger partial charge in [-0.3, -0.25) is 4.79 Å². The molecule has 0 aliphatic rings. The second kappa shape index (κ2) is 12.8. The Morgan fingerprint density at radius 1 is 0.762 bits per heavy atom. The number of esters is 2. The Kier molecular flexibility index (Phi) is 9.89. The Bertz CT molecular complexity index is 1530. The van der Waals surface area contributed by atoms with E-state index in [9.17, 15) is 50.6 Å². The minimum atomic E-state index is -4.88. The molecule has 222 valence electrons. The lowest BCUT2D eigenvalue weighted by atomic mass is 10.1. The molecular formula is C26H15BrClF6NO7. The molecule has 0 aromatic heterocycles. The molecule has 16 heteroatoms. The molecular weight excluding hydrogens is 668 g/mol. The number of hydrogen-bond donors (Lipinski definition) is 2. The minimum Gasteiger partial charge on any atom is -0.478 e. The Labute approximate surface area is 245 Å². The van der Waals surface area contributed by atoms with Crippen molar-refractivity contribution in [3.63, 3.8) is 0 Å². The molecule has 3 rings (SSSR count). The molecule has 0 spiro atoms. The van der Waals surface area contributed by atoms with Gasteiger partial charge in [-0.05, 0) is 54.6 Å². The number of carbonyl (C=O) groups is 4. The van der Waals surface area contributed by atoms with Crippen molar-refractivity contribution in [3.8, 4) is 0 Å². The van der Waals surface area contributed by atoms with Gasteiger partial charge in [-0.25, -0.2) is 14.4 Å². The van der Waals surface area contributed by atoms with Crippen molar-refractivity contribution < 1.29 is 60.1 Å². The zero-order valence-electron chi connectivity index (χ0n) is 20.4. The van der Waals surface area contributed by atoms with Crippen molar-refractivity contribution in [3.05, 3.63) is 98.5 Å². The van der Waals surface area contributed by atoms with E-state index in [4.69, 9.17) is 21.1 Å². The molecule has 0 saturated heterocycles. The molecule has 3 aromatic carbocycles. The number of carbonyl (C=O) groups excluding carboxylic acids is 3. The Balaban J connectivity index is 1.99. The first-order chi connectivity index (χ1) is 19.5. The summed E-state index contributed by atoms with van der Waals surface area (Å²) in [7, 11) is 0. The van der Waals surface area contributed by atoms with E-state index in [-0.39, 0.29) is 10.7 Å². The molecule has 8 nitrogen and oxygen atoms in total. The van der Waals surface area contributed by atoms with Crippen molar-refractivity contribution in [1.82, 2.24) is 0 Å². The summed E-state index contributed by atoms with van der Waals surface area (Å²) in [6.07, 6.45) is -15.0. The van der Waals surface area contributed by atoms with Gasteiger partial charge in [0.05, 0.1) is 33.0 Å². The molecule has 3 aromatic rings. The van der Waals surface area contributed by atoms with Crippen LogP contribution in [-0.4, -0.2) is 41.1 Å². The number of alkyl halides is 6. The summed E-state index contributed by atoms with van der Waals surface area (Å²) >= 11 is 9.17.